The molecular formula is C35H50N2O13S3. The zero-order valence-corrected chi connectivity index (χ0v) is 33.0. The normalized spacial score (nSPS) is 27.8. The molecule has 0 radical (unpaired) electrons. The lowest BCUT2D eigenvalue weighted by atomic mass is 9.81. The minimum absolute atomic E-state index is 0.0304. The van der Waals surface area contributed by atoms with Gasteiger partial charge in [0.25, 0.3) is 0 Å². The van der Waals surface area contributed by atoms with Gasteiger partial charge in [0.15, 0.2) is 11.9 Å². The highest BCUT2D eigenvalue weighted by atomic mass is 33.1. The van der Waals surface area contributed by atoms with E-state index in [2.05, 4.69) is 10.3 Å². The summed E-state index contributed by atoms with van der Waals surface area (Å²) in [6.07, 6.45) is 5.91. The molecule has 1 unspecified atom stereocenters. The Labute approximate surface area is 320 Å². The summed E-state index contributed by atoms with van der Waals surface area (Å²) in [4.78, 5) is 56.5. The maximum Gasteiger partial charge on any atom is 0.333 e. The standard InChI is InChI=1S/C35H50N2O13S3/c1-25-9-10-35(34(3,42)33(41)52-53(35)43)22-30(39)36-26(2)32-37-27(24-51-32)7-5-6-8-28(38)29(21-25)50-31(40)23-49-20-19-48-18-17-47-16-15-46-14-13-45-12-11-44-4/h5-8,21,24,26,29,42H,9-20,22-23H2,1-4H3,(H,36,39)/b7-5-,8-6+,25-21+/t26-,29-,34+,35-,53?/m1/s1. The molecule has 296 valence electrons. The van der Waals surface area contributed by atoms with Crippen LogP contribution in [0.15, 0.2) is 35.3 Å². The molecule has 1 fully saturated rings. The number of hydrogen-bond donors (Lipinski definition) is 2. The molecule has 15 nitrogen and oxygen atoms in total. The first-order valence-electron chi connectivity index (χ1n) is 17.1. The zero-order valence-electron chi connectivity index (χ0n) is 30.5. The Kier molecular flexibility index (Phi) is 19.7. The van der Waals surface area contributed by atoms with Gasteiger partial charge in [0.05, 0.1) is 87.6 Å². The van der Waals surface area contributed by atoms with Gasteiger partial charge in [-0.3, -0.25) is 14.4 Å². The molecule has 2 bridgehead atoms. The molecule has 2 aliphatic heterocycles. The highest BCUT2D eigenvalue weighted by Gasteiger charge is 2.63. The number of esters is 1. The lowest BCUT2D eigenvalue weighted by molar-refractivity contribution is -0.156. The van der Waals surface area contributed by atoms with E-state index < -0.39 is 68.1 Å². The first-order chi connectivity index (χ1) is 25.4. The van der Waals surface area contributed by atoms with Crippen LogP contribution in [0.3, 0.4) is 0 Å². The molecule has 18 heteroatoms. The van der Waals surface area contributed by atoms with Gasteiger partial charge in [-0.1, -0.05) is 17.7 Å². The van der Waals surface area contributed by atoms with Crippen LogP contribution in [-0.4, -0.2) is 133 Å². The molecule has 2 aliphatic rings. The van der Waals surface area contributed by atoms with Gasteiger partial charge < -0.3 is 43.6 Å². The van der Waals surface area contributed by atoms with Crippen molar-refractivity contribution in [2.24, 2.45) is 0 Å². The van der Waals surface area contributed by atoms with Crippen molar-refractivity contribution >= 4 is 60.8 Å². The fourth-order valence-corrected chi connectivity index (χ4v) is 9.82. The Morgan fingerprint density at radius 3 is 2.13 bits per heavy atom. The summed E-state index contributed by atoms with van der Waals surface area (Å²) in [5.74, 6) is -1.82. The average molecular weight is 803 g/mol. The third kappa shape index (κ3) is 14.5. The van der Waals surface area contributed by atoms with E-state index in [-0.39, 0.29) is 26.1 Å². The zero-order chi connectivity index (χ0) is 38.7. The predicted octanol–water partition coefficient (Wildman–Crippen LogP) is 2.66. The monoisotopic (exact) mass is 802 g/mol. The second-order valence-corrected chi connectivity index (χ2v) is 16.4. The highest BCUT2D eigenvalue weighted by Crippen LogP contribution is 2.50. The SMILES string of the molecule is COCCOCCOCCOCCOCCOCC(=O)O[C@@H]1/C=C(\C)CC[C@]2(CC(=O)N[C@H](C)c3nc(cs3)/C=C\C=C\C1=O)S(=O)SC(=O)[C@]2(C)O. The topological polar surface area (TPSA) is 195 Å². The summed E-state index contributed by atoms with van der Waals surface area (Å²) in [5, 5.41) is 15.9. The quantitative estimate of drug-likeness (QED) is 0.0951. The van der Waals surface area contributed by atoms with Crippen LogP contribution >= 0.6 is 22.1 Å². The Morgan fingerprint density at radius 2 is 1.55 bits per heavy atom. The van der Waals surface area contributed by atoms with E-state index >= 15 is 0 Å². The molecule has 0 aliphatic carbocycles. The average Bonchev–Trinajstić information content (AvgIpc) is 3.65. The maximum absolute atomic E-state index is 13.4. The number of thiazole rings is 1. The molecule has 3 heterocycles. The van der Waals surface area contributed by atoms with Crippen molar-refractivity contribution in [3.63, 3.8) is 0 Å². The summed E-state index contributed by atoms with van der Waals surface area (Å²) >= 11 is 1.32. The molecule has 3 rings (SSSR count). The van der Waals surface area contributed by atoms with Gasteiger partial charge in [-0.25, -0.2) is 14.0 Å². The molecule has 1 aromatic heterocycles. The molecule has 1 aromatic rings. The van der Waals surface area contributed by atoms with Gasteiger partial charge in [0.1, 0.15) is 22.0 Å². The number of ketones is 1. The van der Waals surface area contributed by atoms with Gasteiger partial charge in [0, 0.05) is 29.7 Å². The van der Waals surface area contributed by atoms with Gasteiger partial charge in [-0.05, 0) is 51.8 Å². The van der Waals surface area contributed by atoms with Crippen LogP contribution in [0.5, 0.6) is 0 Å². The first-order valence-corrected chi connectivity index (χ1v) is 20.5. The van der Waals surface area contributed by atoms with Crippen LogP contribution < -0.4 is 5.32 Å². The van der Waals surface area contributed by atoms with Crippen molar-refractivity contribution in [1.29, 1.82) is 0 Å². The second-order valence-electron chi connectivity index (χ2n) is 12.3. The molecule has 0 saturated carbocycles. The number of methoxy groups -OCH3 is 1. The first kappa shape index (κ1) is 44.7. The van der Waals surface area contributed by atoms with E-state index in [0.717, 1.165) is 0 Å². The Hall–Kier alpha value is -2.65. The number of ether oxygens (including phenoxy) is 7. The van der Waals surface area contributed by atoms with E-state index in [4.69, 9.17) is 33.2 Å². The molecule has 53 heavy (non-hydrogen) atoms. The number of carbonyl (C=O) groups is 4. The van der Waals surface area contributed by atoms with Crippen LogP contribution in [0.2, 0.25) is 0 Å². The molecule has 1 saturated heterocycles. The number of amides is 1. The second kappa shape index (κ2) is 23.3. The maximum atomic E-state index is 13.4. The minimum atomic E-state index is -2.07. The van der Waals surface area contributed by atoms with Crippen LogP contribution in [0.4, 0.5) is 0 Å². The number of rotatable bonds is 18. The Morgan fingerprint density at radius 1 is 0.962 bits per heavy atom. The van der Waals surface area contributed by atoms with E-state index in [1.807, 2.05) is 0 Å². The summed E-state index contributed by atoms with van der Waals surface area (Å²) in [5.41, 5.74) is -0.927. The fourth-order valence-electron chi connectivity index (χ4n) is 5.08. The minimum Gasteiger partial charge on any atom is -0.448 e. The lowest BCUT2D eigenvalue weighted by Crippen LogP contribution is -2.55. The van der Waals surface area contributed by atoms with Gasteiger partial charge in [0.2, 0.25) is 11.0 Å². The predicted molar refractivity (Wildman–Crippen MR) is 199 cm³/mol. The van der Waals surface area contributed by atoms with E-state index in [1.165, 1.54) is 36.5 Å². The van der Waals surface area contributed by atoms with Crippen LogP contribution in [0.25, 0.3) is 6.08 Å². The van der Waals surface area contributed by atoms with Crippen LogP contribution in [0.1, 0.15) is 56.8 Å². The molecular weight excluding hydrogens is 753 g/mol. The Bertz CT molecular complexity index is 1480. The molecule has 1 spiro atoms. The number of aliphatic hydroxyl groups is 1. The number of carbonyl (C=O) groups excluding carboxylic acids is 4. The van der Waals surface area contributed by atoms with E-state index in [9.17, 15) is 28.5 Å². The number of fused-ring (bicyclic) bond motifs is 2. The van der Waals surface area contributed by atoms with Gasteiger partial charge in [-0.2, -0.15) is 0 Å². The van der Waals surface area contributed by atoms with Gasteiger partial charge >= 0.3 is 5.97 Å². The van der Waals surface area contributed by atoms with Crippen LogP contribution in [-0.2, 0) is 62.2 Å². The summed E-state index contributed by atoms with van der Waals surface area (Å²) < 4.78 is 49.1. The number of nitrogens with zero attached hydrogens (tertiary/aromatic N) is 1. The summed E-state index contributed by atoms with van der Waals surface area (Å²) in [7, 11) is 0.165. The van der Waals surface area contributed by atoms with Crippen molar-refractivity contribution in [3.05, 3.63) is 46.0 Å². The van der Waals surface area contributed by atoms with Crippen molar-refractivity contribution in [2.45, 2.75) is 62.5 Å². The van der Waals surface area contributed by atoms with Crippen molar-refractivity contribution in [3.8, 4) is 0 Å². The molecule has 5 atom stereocenters. The molecule has 1 amide bonds. The van der Waals surface area contributed by atoms with Crippen LogP contribution in [0, 0.1) is 0 Å². The van der Waals surface area contributed by atoms with Crippen molar-refractivity contribution < 1.29 is 61.7 Å². The van der Waals surface area contributed by atoms with Crippen molar-refractivity contribution in [1.82, 2.24) is 10.3 Å². The smallest absolute Gasteiger partial charge is 0.333 e. The number of aromatic nitrogens is 1. The third-order valence-corrected chi connectivity index (χ3v) is 13.2. The Balaban J connectivity index is 1.55. The van der Waals surface area contributed by atoms with Gasteiger partial charge in [-0.15, -0.1) is 11.3 Å². The summed E-state index contributed by atoms with van der Waals surface area (Å²) in [6.45, 7) is 8.10. The lowest BCUT2D eigenvalue weighted by Gasteiger charge is -2.36. The van der Waals surface area contributed by atoms with E-state index in [0.29, 0.717) is 79.9 Å². The number of allylic oxidation sites excluding steroid dienone is 3. The van der Waals surface area contributed by atoms with Crippen molar-refractivity contribution in [2.75, 3.05) is 79.8 Å². The number of hydrogen-bond acceptors (Lipinski definition) is 16. The highest BCUT2D eigenvalue weighted by molar-refractivity contribution is 8.76. The molecule has 0 aromatic carbocycles. The largest absolute Gasteiger partial charge is 0.448 e. The van der Waals surface area contributed by atoms with E-state index in [1.54, 1.807) is 38.5 Å². The third-order valence-electron chi connectivity index (χ3n) is 8.17. The fraction of sp³-hybridized carbons (Fsp3) is 0.629. The summed E-state index contributed by atoms with van der Waals surface area (Å²) in [6, 6.07) is -0.488. The molecule has 2 N–H and O–H groups in total. The number of nitrogens with one attached hydrogen (secondary N) is 1.